The number of carbonyl (C=O) groups excluding carboxylic acids is 3. The lowest BCUT2D eigenvalue weighted by atomic mass is 9.77. The average molecular weight is 549 g/mol. The molecular formula is C35H36N2O4. The van der Waals surface area contributed by atoms with E-state index < -0.39 is 5.72 Å². The van der Waals surface area contributed by atoms with Gasteiger partial charge in [-0.05, 0) is 94.3 Å². The van der Waals surface area contributed by atoms with E-state index in [0.29, 0.717) is 49.0 Å². The Hall–Kier alpha value is -3.77. The Balaban J connectivity index is 1.56. The molecule has 2 heterocycles. The van der Waals surface area contributed by atoms with Gasteiger partial charge in [-0.25, -0.2) is 0 Å². The molecule has 2 aliphatic carbocycles. The van der Waals surface area contributed by atoms with E-state index in [0.717, 1.165) is 49.9 Å². The molecule has 7 rings (SSSR count). The molecule has 210 valence electrons. The largest absolute Gasteiger partial charge is 0.371 e. The summed E-state index contributed by atoms with van der Waals surface area (Å²) in [7, 11) is 0. The topological polar surface area (TPSA) is 77.9 Å². The first kappa shape index (κ1) is 26.1. The Labute approximate surface area is 239 Å². The normalized spacial score (nSPS) is 22.9. The maximum atomic E-state index is 14.1. The average Bonchev–Trinajstić information content (AvgIpc) is 3.11. The third-order valence-electron chi connectivity index (χ3n) is 9.43. The van der Waals surface area contributed by atoms with Gasteiger partial charge in [0.2, 0.25) is 0 Å². The molecule has 3 aromatic rings. The Kier molecular flexibility index (Phi) is 5.65. The molecule has 3 amide bonds. The molecule has 0 aromatic heterocycles. The zero-order valence-corrected chi connectivity index (χ0v) is 24.4. The fourth-order valence-corrected chi connectivity index (χ4v) is 7.85. The number of nitrogens with zero attached hydrogens (tertiary/aromatic N) is 2. The fraction of sp³-hybridized carbons (Fsp3) is 0.400. The highest BCUT2D eigenvalue weighted by atomic mass is 16.3. The van der Waals surface area contributed by atoms with E-state index in [-0.39, 0.29) is 29.6 Å². The maximum absolute atomic E-state index is 14.1. The Morgan fingerprint density at radius 2 is 1.51 bits per heavy atom. The Morgan fingerprint density at radius 1 is 0.878 bits per heavy atom. The molecule has 0 bridgehead atoms. The number of rotatable bonds is 4. The second-order valence-electron chi connectivity index (χ2n) is 13.0. The summed E-state index contributed by atoms with van der Waals surface area (Å²) in [6.07, 6.45) is 2.49. The standard InChI is InChI=1S/C35H36N2O4/c1-6-13-36-32(38)25-10-7-20-15-21-8-9-24-29-22(16-35(5,41)37(34(24)40)17-18(2)3)14-19(4)27(30(21)29)23-11-12-26(33(36)39)31(25)28(20)23/h7-12,18-19,41H,6,13-17H2,1-5H3. The zero-order chi connectivity index (χ0) is 29.0. The van der Waals surface area contributed by atoms with Gasteiger partial charge in [-0.1, -0.05) is 51.5 Å². The SMILES string of the molecule is CCCN1C(=O)c2ccc3c4c(ccc(c24)C1=O)C1=c2c(ccc4c2=C(CC1C)CC(C)(O)N(CC(C)C)C4=O)C3. The van der Waals surface area contributed by atoms with Crippen LogP contribution in [-0.2, 0) is 6.42 Å². The van der Waals surface area contributed by atoms with Crippen LogP contribution in [0.25, 0.3) is 21.9 Å². The summed E-state index contributed by atoms with van der Waals surface area (Å²) < 4.78 is 0. The predicted molar refractivity (Wildman–Crippen MR) is 159 cm³/mol. The van der Waals surface area contributed by atoms with Gasteiger partial charge in [0, 0.05) is 41.6 Å². The highest BCUT2D eigenvalue weighted by molar-refractivity contribution is 6.27. The van der Waals surface area contributed by atoms with Crippen molar-refractivity contribution >= 4 is 39.6 Å². The number of fused-ring (bicyclic) bond motifs is 1. The van der Waals surface area contributed by atoms with Crippen LogP contribution in [0.2, 0.25) is 0 Å². The molecule has 2 atom stereocenters. The highest BCUT2D eigenvalue weighted by Gasteiger charge is 2.41. The van der Waals surface area contributed by atoms with Crippen molar-refractivity contribution in [2.75, 3.05) is 13.1 Å². The van der Waals surface area contributed by atoms with Crippen molar-refractivity contribution in [3.63, 3.8) is 0 Å². The first-order valence-corrected chi connectivity index (χ1v) is 14.9. The Morgan fingerprint density at radius 3 is 2.20 bits per heavy atom. The molecular weight excluding hydrogens is 512 g/mol. The van der Waals surface area contributed by atoms with Crippen LogP contribution >= 0.6 is 0 Å². The summed E-state index contributed by atoms with van der Waals surface area (Å²) in [5.41, 5.74) is 6.12. The van der Waals surface area contributed by atoms with Gasteiger partial charge in [0.15, 0.2) is 0 Å². The molecule has 0 saturated carbocycles. The number of hydrogen-bond donors (Lipinski definition) is 1. The predicted octanol–water partition coefficient (Wildman–Crippen LogP) is 4.35. The van der Waals surface area contributed by atoms with Gasteiger partial charge in [-0.3, -0.25) is 19.3 Å². The van der Waals surface area contributed by atoms with E-state index in [9.17, 15) is 19.5 Å². The Bertz CT molecular complexity index is 1830. The minimum Gasteiger partial charge on any atom is -0.371 e. The minimum atomic E-state index is -1.28. The molecule has 41 heavy (non-hydrogen) atoms. The van der Waals surface area contributed by atoms with Crippen LogP contribution in [-0.4, -0.2) is 51.4 Å². The molecule has 2 unspecified atom stereocenters. The molecule has 0 radical (unpaired) electrons. The van der Waals surface area contributed by atoms with E-state index in [1.165, 1.54) is 10.5 Å². The first-order chi connectivity index (χ1) is 19.5. The third kappa shape index (κ3) is 3.56. The quantitative estimate of drug-likeness (QED) is 0.492. The number of imide groups is 1. The van der Waals surface area contributed by atoms with Gasteiger partial charge in [-0.15, -0.1) is 0 Å². The van der Waals surface area contributed by atoms with Crippen molar-refractivity contribution in [1.82, 2.24) is 9.80 Å². The number of carbonyl (C=O) groups is 3. The van der Waals surface area contributed by atoms with E-state index in [1.54, 1.807) is 11.8 Å². The van der Waals surface area contributed by atoms with Gasteiger partial charge < -0.3 is 10.0 Å². The second kappa shape index (κ2) is 8.86. The first-order valence-electron chi connectivity index (χ1n) is 14.9. The molecule has 0 saturated heterocycles. The van der Waals surface area contributed by atoms with Crippen molar-refractivity contribution in [2.45, 2.75) is 66.0 Å². The summed E-state index contributed by atoms with van der Waals surface area (Å²) >= 11 is 0. The van der Waals surface area contributed by atoms with Gasteiger partial charge >= 0.3 is 0 Å². The van der Waals surface area contributed by atoms with E-state index >= 15 is 0 Å². The van der Waals surface area contributed by atoms with Gasteiger partial charge in [0.25, 0.3) is 17.7 Å². The lowest BCUT2D eigenvalue weighted by molar-refractivity contribution is -0.0726. The highest BCUT2D eigenvalue weighted by Crippen LogP contribution is 2.43. The number of aliphatic hydroxyl groups is 1. The smallest absolute Gasteiger partial charge is 0.261 e. The summed E-state index contributed by atoms with van der Waals surface area (Å²) in [5.74, 6) is -0.228. The van der Waals surface area contributed by atoms with Gasteiger partial charge in [0.1, 0.15) is 5.72 Å². The third-order valence-corrected chi connectivity index (χ3v) is 9.43. The molecule has 3 aromatic carbocycles. The lowest BCUT2D eigenvalue weighted by Crippen LogP contribution is -2.51. The molecule has 1 N–H and O–H groups in total. The number of hydrogen-bond acceptors (Lipinski definition) is 4. The second-order valence-corrected chi connectivity index (χ2v) is 13.0. The fourth-order valence-electron chi connectivity index (χ4n) is 7.85. The van der Waals surface area contributed by atoms with Crippen molar-refractivity contribution in [1.29, 1.82) is 0 Å². The molecule has 6 heteroatoms. The van der Waals surface area contributed by atoms with Crippen LogP contribution in [0.5, 0.6) is 0 Å². The van der Waals surface area contributed by atoms with Crippen LogP contribution in [0.4, 0.5) is 0 Å². The summed E-state index contributed by atoms with van der Waals surface area (Å²) in [6.45, 7) is 11.0. The summed E-state index contributed by atoms with van der Waals surface area (Å²) in [5, 5.41) is 15.5. The summed E-state index contributed by atoms with van der Waals surface area (Å²) in [4.78, 5) is 44.2. The van der Waals surface area contributed by atoms with E-state index in [4.69, 9.17) is 0 Å². The van der Waals surface area contributed by atoms with Crippen LogP contribution in [0.3, 0.4) is 0 Å². The lowest BCUT2D eigenvalue weighted by Gasteiger charge is -2.37. The van der Waals surface area contributed by atoms with Crippen LogP contribution < -0.4 is 10.4 Å². The minimum absolute atomic E-state index is 0.128. The van der Waals surface area contributed by atoms with Gasteiger partial charge in [-0.2, -0.15) is 0 Å². The maximum Gasteiger partial charge on any atom is 0.261 e. The number of amides is 3. The van der Waals surface area contributed by atoms with Crippen molar-refractivity contribution in [3.05, 3.63) is 80.2 Å². The molecule has 2 aliphatic heterocycles. The molecule has 0 fully saturated rings. The van der Waals surface area contributed by atoms with Crippen LogP contribution in [0, 0.1) is 11.8 Å². The van der Waals surface area contributed by atoms with Crippen molar-refractivity contribution < 1.29 is 19.5 Å². The van der Waals surface area contributed by atoms with Crippen LogP contribution in [0.15, 0.2) is 36.4 Å². The zero-order valence-electron chi connectivity index (χ0n) is 24.4. The molecule has 4 aliphatic rings. The van der Waals surface area contributed by atoms with Gasteiger partial charge in [0.05, 0.1) is 0 Å². The van der Waals surface area contributed by atoms with Crippen molar-refractivity contribution in [2.24, 2.45) is 11.8 Å². The van der Waals surface area contributed by atoms with E-state index in [1.807, 2.05) is 25.1 Å². The number of benzene rings is 3. The van der Waals surface area contributed by atoms with Crippen molar-refractivity contribution in [3.8, 4) is 0 Å². The molecule has 6 nitrogen and oxygen atoms in total. The van der Waals surface area contributed by atoms with E-state index in [2.05, 4.69) is 39.0 Å². The van der Waals surface area contributed by atoms with Crippen LogP contribution in [0.1, 0.15) is 102 Å². The monoisotopic (exact) mass is 548 g/mol. The summed E-state index contributed by atoms with van der Waals surface area (Å²) in [6, 6.07) is 11.9. The molecule has 0 spiro atoms.